The number of aliphatic hydroxyl groups is 1. The van der Waals surface area contributed by atoms with E-state index in [9.17, 15) is 37.5 Å². The monoisotopic (exact) mass is 807 g/mol. The molecule has 0 aliphatic heterocycles. The van der Waals surface area contributed by atoms with Crippen molar-refractivity contribution in [2.24, 2.45) is 28.3 Å². The molecule has 15 nitrogen and oxygen atoms in total. The Bertz CT molecular complexity index is 1570. The normalized spacial score (nSPS) is 14.8. The van der Waals surface area contributed by atoms with Crippen molar-refractivity contribution in [2.75, 3.05) is 13.1 Å². The summed E-state index contributed by atoms with van der Waals surface area (Å²) in [6.07, 6.45) is -2.22. The number of alkyl carbamates (subject to hydrolysis) is 1. The van der Waals surface area contributed by atoms with E-state index >= 15 is 0 Å². The maximum absolute atomic E-state index is 13.9. The number of halogens is 3. The third-order valence-electron chi connectivity index (χ3n) is 8.95. The van der Waals surface area contributed by atoms with Crippen LogP contribution in [0, 0.1) is 11.8 Å². The van der Waals surface area contributed by atoms with Gasteiger partial charge < -0.3 is 47.7 Å². The summed E-state index contributed by atoms with van der Waals surface area (Å²) in [6, 6.07) is 16.3. The van der Waals surface area contributed by atoms with Crippen LogP contribution in [0.4, 0.5) is 18.0 Å². The Labute approximate surface area is 330 Å². The number of aliphatic imine (C=N–C) groups is 1. The first kappa shape index (κ1) is 47.8. The minimum Gasteiger partial charge on any atom is -0.475 e. The fraction of sp³-hybridized carbons (Fsp3) is 0.538. The molecule has 0 saturated heterocycles. The van der Waals surface area contributed by atoms with Crippen LogP contribution in [0.5, 0.6) is 0 Å². The minimum atomic E-state index is -5.08. The summed E-state index contributed by atoms with van der Waals surface area (Å²) in [4.78, 5) is 66.0. The van der Waals surface area contributed by atoms with Crippen molar-refractivity contribution in [2.45, 2.75) is 109 Å². The molecule has 57 heavy (non-hydrogen) atoms. The molecule has 0 unspecified atom stereocenters. The molecule has 4 amide bonds. The van der Waals surface area contributed by atoms with Gasteiger partial charge in [-0.2, -0.15) is 13.2 Å². The van der Waals surface area contributed by atoms with Gasteiger partial charge in [-0.3, -0.25) is 19.4 Å². The SMILES string of the molecule is CC(C)C[C@H](NC(=O)[C@@H](NC(=O)[C@H](CCCN=C(N)N)NC(=O)OCc1ccccc1)C1CCCC1)[C@@H](O)CC(=O)NCCc1ccccc1.O=C(O)C(F)(F)F. The van der Waals surface area contributed by atoms with Gasteiger partial charge in [-0.15, -0.1) is 0 Å². The van der Waals surface area contributed by atoms with E-state index in [1.165, 1.54) is 0 Å². The number of nitrogens with one attached hydrogen (secondary N) is 4. The van der Waals surface area contributed by atoms with Crippen LogP contribution in [0.3, 0.4) is 0 Å². The molecule has 316 valence electrons. The predicted octanol–water partition coefficient (Wildman–Crippen LogP) is 3.28. The van der Waals surface area contributed by atoms with Gasteiger partial charge in [0, 0.05) is 13.1 Å². The maximum atomic E-state index is 13.9. The summed E-state index contributed by atoms with van der Waals surface area (Å²) in [6.45, 7) is 4.63. The number of carboxylic acid groups (broad SMARTS) is 1. The molecule has 1 aliphatic rings. The van der Waals surface area contributed by atoms with Crippen molar-refractivity contribution in [3.8, 4) is 0 Å². The van der Waals surface area contributed by atoms with Gasteiger partial charge in [0.1, 0.15) is 18.7 Å². The lowest BCUT2D eigenvalue weighted by Crippen LogP contribution is -2.58. The number of carboxylic acids is 1. The third kappa shape index (κ3) is 19.9. The molecule has 18 heteroatoms. The first-order valence-electron chi connectivity index (χ1n) is 18.9. The molecule has 0 heterocycles. The van der Waals surface area contributed by atoms with Crippen LogP contribution in [-0.4, -0.2) is 89.5 Å². The number of rotatable bonds is 20. The van der Waals surface area contributed by atoms with Crippen molar-refractivity contribution in [1.82, 2.24) is 21.3 Å². The van der Waals surface area contributed by atoms with E-state index in [1.807, 2.05) is 74.5 Å². The summed E-state index contributed by atoms with van der Waals surface area (Å²) in [7, 11) is 0. The number of nitrogens with zero attached hydrogens (tertiary/aromatic N) is 1. The smallest absolute Gasteiger partial charge is 0.475 e. The lowest BCUT2D eigenvalue weighted by atomic mass is 9.93. The van der Waals surface area contributed by atoms with Gasteiger partial charge in [0.15, 0.2) is 5.96 Å². The van der Waals surface area contributed by atoms with E-state index in [1.54, 1.807) is 0 Å². The summed E-state index contributed by atoms with van der Waals surface area (Å²) < 4.78 is 37.1. The number of alkyl halides is 3. The standard InChI is InChI=1S/C37H55N7O6.C2HF3O2/c1-25(2)22-30(31(45)23-32(46)40-21-19-26-12-5-3-6-13-26)42-35(48)33(28-16-9-10-17-28)44-34(47)29(18-11-20-41-36(38)39)43-37(49)50-24-27-14-7-4-8-15-27;3-2(4,5)1(6)7/h3-8,12-15,25,28-31,33,45H,9-11,16-24H2,1-2H3,(H,40,46)(H,42,48)(H,43,49)(H,44,47)(H4,38,39,41);(H,6,7)/t29-,30-,31-,33-;/m0./s1. The summed E-state index contributed by atoms with van der Waals surface area (Å²) >= 11 is 0. The van der Waals surface area contributed by atoms with E-state index in [0.29, 0.717) is 25.8 Å². The van der Waals surface area contributed by atoms with E-state index < -0.39 is 54.3 Å². The van der Waals surface area contributed by atoms with Gasteiger partial charge >= 0.3 is 18.2 Å². The Morgan fingerprint density at radius 3 is 2.02 bits per heavy atom. The Hall–Kier alpha value is -5.39. The zero-order chi connectivity index (χ0) is 42.4. The van der Waals surface area contributed by atoms with Gasteiger partial charge in [-0.05, 0) is 61.5 Å². The summed E-state index contributed by atoms with van der Waals surface area (Å²) in [5.74, 6) is -4.16. The lowest BCUT2D eigenvalue weighted by molar-refractivity contribution is -0.192. The molecule has 0 radical (unpaired) electrons. The molecule has 0 bridgehead atoms. The Morgan fingerprint density at radius 1 is 0.895 bits per heavy atom. The molecule has 4 atom stereocenters. The second kappa shape index (κ2) is 25.0. The second-order valence-electron chi connectivity index (χ2n) is 14.1. The lowest BCUT2D eigenvalue weighted by Gasteiger charge is -2.31. The fourth-order valence-corrected chi connectivity index (χ4v) is 6.11. The number of hydrogen-bond acceptors (Lipinski definition) is 8. The van der Waals surface area contributed by atoms with Crippen LogP contribution < -0.4 is 32.7 Å². The maximum Gasteiger partial charge on any atom is 0.490 e. The van der Waals surface area contributed by atoms with Gasteiger partial charge in [0.25, 0.3) is 0 Å². The van der Waals surface area contributed by atoms with E-state index in [0.717, 1.165) is 36.8 Å². The number of benzene rings is 2. The molecule has 0 spiro atoms. The minimum absolute atomic E-state index is 0.0206. The number of aliphatic hydroxyl groups excluding tert-OH is 1. The van der Waals surface area contributed by atoms with Gasteiger partial charge in [-0.25, -0.2) is 9.59 Å². The summed E-state index contributed by atoms with van der Waals surface area (Å²) in [5.41, 5.74) is 12.8. The average Bonchev–Trinajstić information content (AvgIpc) is 3.69. The Balaban J connectivity index is 0.00000146. The molecule has 3 rings (SSSR count). The van der Waals surface area contributed by atoms with Crippen LogP contribution in [0.25, 0.3) is 0 Å². The molecule has 1 fully saturated rings. The number of amides is 4. The Kier molecular flexibility index (Phi) is 20.9. The number of aliphatic carboxylic acids is 1. The highest BCUT2D eigenvalue weighted by Crippen LogP contribution is 2.28. The quantitative estimate of drug-likeness (QED) is 0.0551. The average molecular weight is 808 g/mol. The topological polar surface area (TPSA) is 248 Å². The van der Waals surface area contributed by atoms with Gasteiger partial charge in [-0.1, -0.05) is 87.4 Å². The molecular weight excluding hydrogens is 751 g/mol. The van der Waals surface area contributed by atoms with Crippen LogP contribution in [0.1, 0.15) is 76.3 Å². The van der Waals surface area contributed by atoms with Crippen molar-refractivity contribution in [1.29, 1.82) is 0 Å². The predicted molar refractivity (Wildman–Crippen MR) is 206 cm³/mol. The van der Waals surface area contributed by atoms with Crippen LogP contribution in [-0.2, 0) is 36.9 Å². The molecular formula is C39H56F3N7O8. The molecule has 1 saturated carbocycles. The van der Waals surface area contributed by atoms with Crippen molar-refractivity contribution in [3.05, 3.63) is 71.8 Å². The molecule has 0 aromatic heterocycles. The number of guanidine groups is 1. The zero-order valence-electron chi connectivity index (χ0n) is 32.3. The number of carbonyl (C=O) groups excluding carboxylic acids is 4. The Morgan fingerprint density at radius 2 is 1.47 bits per heavy atom. The van der Waals surface area contributed by atoms with Crippen LogP contribution in [0.2, 0.25) is 0 Å². The first-order chi connectivity index (χ1) is 27.0. The highest BCUT2D eigenvalue weighted by atomic mass is 19.4. The second-order valence-corrected chi connectivity index (χ2v) is 14.1. The van der Waals surface area contributed by atoms with Crippen molar-refractivity contribution >= 4 is 35.7 Å². The molecule has 1 aliphatic carbocycles. The molecule has 10 N–H and O–H groups in total. The van der Waals surface area contributed by atoms with Gasteiger partial charge in [0.2, 0.25) is 17.7 Å². The number of nitrogens with two attached hydrogens (primary N) is 2. The van der Waals surface area contributed by atoms with Crippen molar-refractivity contribution in [3.63, 3.8) is 0 Å². The molecule has 2 aromatic carbocycles. The number of ether oxygens (including phenoxy) is 1. The van der Waals surface area contributed by atoms with E-state index in [-0.39, 0.29) is 49.7 Å². The largest absolute Gasteiger partial charge is 0.490 e. The number of carbonyl (C=O) groups is 5. The highest BCUT2D eigenvalue weighted by molar-refractivity contribution is 5.91. The zero-order valence-corrected chi connectivity index (χ0v) is 32.3. The van der Waals surface area contributed by atoms with Crippen LogP contribution in [0.15, 0.2) is 65.7 Å². The third-order valence-corrected chi connectivity index (χ3v) is 8.95. The molecule has 2 aromatic rings. The first-order valence-corrected chi connectivity index (χ1v) is 18.9. The van der Waals surface area contributed by atoms with Crippen molar-refractivity contribution < 1.29 is 52.1 Å². The summed E-state index contributed by atoms with van der Waals surface area (Å²) in [5, 5.41) is 29.6. The fourth-order valence-electron chi connectivity index (χ4n) is 6.11. The van der Waals surface area contributed by atoms with E-state index in [4.69, 9.17) is 26.1 Å². The van der Waals surface area contributed by atoms with Gasteiger partial charge in [0.05, 0.1) is 18.6 Å². The van der Waals surface area contributed by atoms with E-state index in [2.05, 4.69) is 26.3 Å². The van der Waals surface area contributed by atoms with Crippen LogP contribution >= 0.6 is 0 Å². The highest BCUT2D eigenvalue weighted by Gasteiger charge is 2.38. The number of hydrogen-bond donors (Lipinski definition) is 8.